The molecule has 1 N–H and O–H groups in total. The number of hydrogen-bond acceptors (Lipinski definition) is 4. The first-order valence-corrected chi connectivity index (χ1v) is 9.27. The number of amides is 1. The van der Waals surface area contributed by atoms with Crippen LogP contribution in [0.4, 0.5) is 11.4 Å². The van der Waals surface area contributed by atoms with E-state index in [1.54, 1.807) is 13.0 Å². The van der Waals surface area contributed by atoms with Gasteiger partial charge in [-0.1, -0.05) is 49.0 Å². The van der Waals surface area contributed by atoms with Crippen LogP contribution in [0.5, 0.6) is 5.75 Å². The van der Waals surface area contributed by atoms with Gasteiger partial charge in [0.15, 0.2) is 5.75 Å². The standard InChI is InChI=1S/C19H20Cl2N2O4/c1-3-4-5-8-27-18-15(20)9-13(10-16(18)21)19(24)22-17-11-14(23(25)26)7-6-12(17)2/h6-7,9-11H,3-5,8H2,1-2H3,(H,22,24). The molecule has 0 aliphatic rings. The third-order valence-electron chi connectivity index (χ3n) is 3.93. The molecule has 1 amide bonds. The van der Waals surface area contributed by atoms with E-state index in [9.17, 15) is 14.9 Å². The Morgan fingerprint density at radius 1 is 1.19 bits per heavy atom. The summed E-state index contributed by atoms with van der Waals surface area (Å²) in [6.07, 6.45) is 3.00. The number of unbranched alkanes of at least 4 members (excludes halogenated alkanes) is 2. The van der Waals surface area contributed by atoms with Crippen molar-refractivity contribution in [3.05, 3.63) is 61.6 Å². The second-order valence-corrected chi connectivity index (χ2v) is 6.85. The first-order valence-electron chi connectivity index (χ1n) is 8.51. The quantitative estimate of drug-likeness (QED) is 0.327. The van der Waals surface area contributed by atoms with E-state index in [4.69, 9.17) is 27.9 Å². The second-order valence-electron chi connectivity index (χ2n) is 6.04. The van der Waals surface area contributed by atoms with Gasteiger partial charge in [0.25, 0.3) is 11.6 Å². The van der Waals surface area contributed by atoms with E-state index < -0.39 is 10.8 Å². The van der Waals surface area contributed by atoms with Crippen molar-refractivity contribution >= 4 is 40.5 Å². The number of nitrogens with one attached hydrogen (secondary N) is 1. The smallest absolute Gasteiger partial charge is 0.271 e. The fourth-order valence-corrected chi connectivity index (χ4v) is 3.00. The largest absolute Gasteiger partial charge is 0.490 e. The molecule has 2 aromatic carbocycles. The van der Waals surface area contributed by atoms with E-state index >= 15 is 0 Å². The van der Waals surface area contributed by atoms with Gasteiger partial charge in [-0.15, -0.1) is 0 Å². The average molecular weight is 411 g/mol. The van der Waals surface area contributed by atoms with Crippen molar-refractivity contribution < 1.29 is 14.5 Å². The van der Waals surface area contributed by atoms with Gasteiger partial charge in [0.05, 0.1) is 27.3 Å². The van der Waals surface area contributed by atoms with Crippen molar-refractivity contribution in [2.24, 2.45) is 0 Å². The van der Waals surface area contributed by atoms with Crippen LogP contribution in [0.1, 0.15) is 42.1 Å². The summed E-state index contributed by atoms with van der Waals surface area (Å²) in [7, 11) is 0. The van der Waals surface area contributed by atoms with Crippen LogP contribution in [0, 0.1) is 17.0 Å². The highest BCUT2D eigenvalue weighted by Gasteiger charge is 2.16. The maximum atomic E-state index is 12.5. The van der Waals surface area contributed by atoms with Crippen LogP contribution >= 0.6 is 23.2 Å². The summed E-state index contributed by atoms with van der Waals surface area (Å²) in [6.45, 7) is 4.33. The summed E-state index contributed by atoms with van der Waals surface area (Å²) in [4.78, 5) is 22.9. The van der Waals surface area contributed by atoms with Crippen LogP contribution in [0.25, 0.3) is 0 Å². The van der Waals surface area contributed by atoms with E-state index in [0.29, 0.717) is 23.6 Å². The zero-order valence-electron chi connectivity index (χ0n) is 15.1. The van der Waals surface area contributed by atoms with E-state index in [-0.39, 0.29) is 21.3 Å². The Bertz CT molecular complexity index is 833. The minimum Gasteiger partial charge on any atom is -0.490 e. The Labute approximate surface area is 167 Å². The number of carbonyl (C=O) groups is 1. The minimum atomic E-state index is -0.520. The Morgan fingerprint density at radius 2 is 1.85 bits per heavy atom. The van der Waals surface area contributed by atoms with Crippen molar-refractivity contribution in [1.29, 1.82) is 0 Å². The molecule has 0 aliphatic carbocycles. The predicted molar refractivity (Wildman–Crippen MR) is 107 cm³/mol. The molecule has 0 saturated heterocycles. The third kappa shape index (κ3) is 5.58. The topological polar surface area (TPSA) is 81.5 Å². The molecule has 0 atom stereocenters. The minimum absolute atomic E-state index is 0.109. The van der Waals surface area contributed by atoms with Gasteiger partial charge in [0, 0.05) is 17.7 Å². The van der Waals surface area contributed by atoms with E-state index in [1.807, 2.05) is 0 Å². The molecule has 144 valence electrons. The first-order chi connectivity index (χ1) is 12.8. The molecule has 0 spiro atoms. The van der Waals surface area contributed by atoms with Crippen molar-refractivity contribution in [1.82, 2.24) is 0 Å². The molecular weight excluding hydrogens is 391 g/mol. The lowest BCUT2D eigenvalue weighted by Crippen LogP contribution is -2.13. The van der Waals surface area contributed by atoms with Crippen LogP contribution in [0.15, 0.2) is 30.3 Å². The fourth-order valence-electron chi connectivity index (χ4n) is 2.41. The number of nitro groups is 1. The maximum absolute atomic E-state index is 12.5. The van der Waals surface area contributed by atoms with Crippen LogP contribution in [-0.4, -0.2) is 17.4 Å². The van der Waals surface area contributed by atoms with Gasteiger partial charge in [-0.25, -0.2) is 0 Å². The zero-order chi connectivity index (χ0) is 20.0. The molecule has 0 fully saturated rings. The molecule has 0 radical (unpaired) electrons. The molecule has 8 heteroatoms. The van der Waals surface area contributed by atoms with Gasteiger partial charge in [0.1, 0.15) is 0 Å². The van der Waals surface area contributed by atoms with Gasteiger partial charge < -0.3 is 10.1 Å². The van der Waals surface area contributed by atoms with Gasteiger partial charge >= 0.3 is 0 Å². The predicted octanol–water partition coefficient (Wildman–Crippen LogP) is 6.03. The first kappa shape index (κ1) is 21.0. The lowest BCUT2D eigenvalue weighted by molar-refractivity contribution is -0.384. The number of anilines is 1. The average Bonchev–Trinajstić information content (AvgIpc) is 2.61. The van der Waals surface area contributed by atoms with Gasteiger partial charge in [-0.2, -0.15) is 0 Å². The number of nitro benzene ring substituents is 1. The highest BCUT2D eigenvalue weighted by Crippen LogP contribution is 2.35. The molecular formula is C19H20Cl2N2O4. The number of benzene rings is 2. The lowest BCUT2D eigenvalue weighted by Gasteiger charge is -2.13. The molecule has 0 heterocycles. The Morgan fingerprint density at radius 3 is 2.44 bits per heavy atom. The number of carbonyl (C=O) groups excluding carboxylic acids is 1. The van der Waals surface area contributed by atoms with Gasteiger partial charge in [0.2, 0.25) is 0 Å². The lowest BCUT2D eigenvalue weighted by atomic mass is 10.1. The zero-order valence-corrected chi connectivity index (χ0v) is 16.6. The summed E-state index contributed by atoms with van der Waals surface area (Å²) in [6, 6.07) is 7.18. The number of rotatable bonds is 8. The molecule has 0 bridgehead atoms. The summed E-state index contributed by atoms with van der Waals surface area (Å²) < 4.78 is 5.61. The number of halogens is 2. The SMILES string of the molecule is CCCCCOc1c(Cl)cc(C(=O)Nc2cc([N+](=O)[O-])ccc2C)cc1Cl. The number of non-ortho nitro benzene ring substituents is 1. The fraction of sp³-hybridized carbons (Fsp3) is 0.316. The van der Waals surface area contributed by atoms with Crippen molar-refractivity contribution in [3.63, 3.8) is 0 Å². The summed E-state index contributed by atoms with van der Waals surface area (Å²) in [5.41, 5.74) is 1.17. The molecule has 0 unspecified atom stereocenters. The van der Waals surface area contributed by atoms with Crippen molar-refractivity contribution in [2.75, 3.05) is 11.9 Å². The maximum Gasteiger partial charge on any atom is 0.271 e. The second kappa shape index (κ2) is 9.58. The molecule has 2 rings (SSSR count). The molecule has 6 nitrogen and oxygen atoms in total. The molecule has 0 saturated carbocycles. The molecule has 0 aliphatic heterocycles. The molecule has 2 aromatic rings. The van der Waals surface area contributed by atoms with Crippen LogP contribution in [0.2, 0.25) is 10.0 Å². The number of aryl methyl sites for hydroxylation is 1. The monoisotopic (exact) mass is 410 g/mol. The van der Waals surface area contributed by atoms with Crippen LogP contribution in [-0.2, 0) is 0 Å². The molecule has 0 aromatic heterocycles. The van der Waals surface area contributed by atoms with Crippen LogP contribution in [0.3, 0.4) is 0 Å². The summed E-state index contributed by atoms with van der Waals surface area (Å²) in [5.74, 6) is -0.127. The number of ether oxygens (including phenoxy) is 1. The number of nitrogens with zero attached hydrogens (tertiary/aromatic N) is 1. The Balaban J connectivity index is 2.17. The van der Waals surface area contributed by atoms with E-state index in [0.717, 1.165) is 19.3 Å². The Hall–Kier alpha value is -2.31. The van der Waals surface area contributed by atoms with Crippen molar-refractivity contribution in [3.8, 4) is 5.75 Å². The highest BCUT2D eigenvalue weighted by atomic mass is 35.5. The van der Waals surface area contributed by atoms with E-state index in [1.165, 1.54) is 24.3 Å². The summed E-state index contributed by atoms with van der Waals surface area (Å²) >= 11 is 12.4. The third-order valence-corrected chi connectivity index (χ3v) is 4.50. The van der Waals surface area contributed by atoms with Gasteiger partial charge in [-0.05, 0) is 31.0 Å². The highest BCUT2D eigenvalue weighted by molar-refractivity contribution is 6.37. The molecule has 27 heavy (non-hydrogen) atoms. The van der Waals surface area contributed by atoms with Crippen LogP contribution < -0.4 is 10.1 Å². The van der Waals surface area contributed by atoms with E-state index in [2.05, 4.69) is 12.2 Å². The van der Waals surface area contributed by atoms with Crippen molar-refractivity contribution in [2.45, 2.75) is 33.1 Å². The number of hydrogen-bond donors (Lipinski definition) is 1. The Kier molecular flexibility index (Phi) is 7.45. The normalized spacial score (nSPS) is 10.5. The summed E-state index contributed by atoms with van der Waals surface area (Å²) in [5, 5.41) is 14.0. The van der Waals surface area contributed by atoms with Gasteiger partial charge in [-0.3, -0.25) is 14.9 Å².